The summed E-state index contributed by atoms with van der Waals surface area (Å²) in [6.45, 7) is 10.4. The van der Waals surface area contributed by atoms with Gasteiger partial charge in [-0.1, -0.05) is 36.4 Å². The lowest BCUT2D eigenvalue weighted by Crippen LogP contribution is -2.51. The number of hydrogen-bond acceptors (Lipinski definition) is 3. The van der Waals surface area contributed by atoms with E-state index < -0.39 is 6.04 Å². The number of fused-ring (bicyclic) bond motifs is 1. The minimum absolute atomic E-state index is 0.0140. The van der Waals surface area contributed by atoms with Crippen LogP contribution in [0.15, 0.2) is 42.5 Å². The van der Waals surface area contributed by atoms with Crippen molar-refractivity contribution in [2.45, 2.75) is 46.2 Å². The summed E-state index contributed by atoms with van der Waals surface area (Å²) in [5.74, 6) is -0.0993. The summed E-state index contributed by atoms with van der Waals surface area (Å²) in [5, 5.41) is 5.09. The lowest BCUT2D eigenvalue weighted by atomic mass is 10.1. The molecule has 0 saturated heterocycles. The minimum atomic E-state index is -0.408. The van der Waals surface area contributed by atoms with Gasteiger partial charge in [0.1, 0.15) is 0 Å². The van der Waals surface area contributed by atoms with E-state index in [1.54, 1.807) is 9.80 Å². The fourth-order valence-corrected chi connectivity index (χ4v) is 3.12. The van der Waals surface area contributed by atoms with Crippen LogP contribution in [0.4, 0.5) is 5.69 Å². The van der Waals surface area contributed by atoms with Crippen molar-refractivity contribution in [1.29, 1.82) is 0 Å². The normalized spacial score (nSPS) is 12.9. The zero-order valence-corrected chi connectivity index (χ0v) is 17.2. The first kappa shape index (κ1) is 20.9. The van der Waals surface area contributed by atoms with Gasteiger partial charge >= 0.3 is 0 Å². The molecule has 0 fully saturated rings. The fourth-order valence-electron chi connectivity index (χ4n) is 3.12. The third-order valence-corrected chi connectivity index (χ3v) is 4.57. The zero-order valence-electron chi connectivity index (χ0n) is 17.2. The number of anilines is 1. The lowest BCUT2D eigenvalue weighted by Gasteiger charge is -2.31. The monoisotopic (exact) mass is 369 g/mol. The molecular formula is C22H31N3O2. The second-order valence-corrected chi connectivity index (χ2v) is 7.97. The van der Waals surface area contributed by atoms with E-state index in [9.17, 15) is 9.59 Å². The Bertz CT molecular complexity index is 805. The second-order valence-electron chi connectivity index (χ2n) is 7.97. The maximum absolute atomic E-state index is 13.2. The molecule has 0 aliphatic rings. The number of hydrogen-bond donors (Lipinski definition) is 1. The largest absolute Gasteiger partial charge is 0.350 e. The number of carbonyl (C=O) groups excluding carboxylic acids is 2. The van der Waals surface area contributed by atoms with Crippen LogP contribution in [0.25, 0.3) is 10.8 Å². The molecule has 146 valence electrons. The van der Waals surface area contributed by atoms with Gasteiger partial charge in [0.15, 0.2) is 0 Å². The minimum Gasteiger partial charge on any atom is -0.350 e. The van der Waals surface area contributed by atoms with Crippen molar-refractivity contribution in [1.82, 2.24) is 10.2 Å². The molecule has 27 heavy (non-hydrogen) atoms. The predicted molar refractivity (Wildman–Crippen MR) is 112 cm³/mol. The van der Waals surface area contributed by atoms with Gasteiger partial charge in [-0.3, -0.25) is 14.5 Å². The number of likely N-dealkylation sites (N-methyl/N-ethyl adjacent to an activating group) is 2. The van der Waals surface area contributed by atoms with Crippen LogP contribution >= 0.6 is 0 Å². The van der Waals surface area contributed by atoms with Crippen molar-refractivity contribution >= 4 is 28.3 Å². The average Bonchev–Trinajstić information content (AvgIpc) is 2.60. The molecule has 2 rings (SSSR count). The van der Waals surface area contributed by atoms with Crippen LogP contribution in [0.2, 0.25) is 0 Å². The van der Waals surface area contributed by atoms with Crippen molar-refractivity contribution in [2.75, 3.05) is 25.0 Å². The van der Waals surface area contributed by atoms with Crippen LogP contribution < -0.4 is 10.2 Å². The Labute approximate surface area is 162 Å². The van der Waals surface area contributed by atoms with Crippen molar-refractivity contribution < 1.29 is 9.59 Å². The molecule has 0 spiro atoms. The number of rotatable bonds is 6. The molecule has 5 heteroatoms. The third kappa shape index (κ3) is 5.30. The third-order valence-electron chi connectivity index (χ3n) is 4.57. The Morgan fingerprint density at radius 3 is 2.33 bits per heavy atom. The van der Waals surface area contributed by atoms with E-state index in [1.807, 2.05) is 84.1 Å². The van der Waals surface area contributed by atoms with Gasteiger partial charge in [-0.15, -0.1) is 0 Å². The Hall–Kier alpha value is -2.40. The first-order valence-corrected chi connectivity index (χ1v) is 9.44. The molecule has 0 unspecified atom stereocenters. The second kappa shape index (κ2) is 8.53. The zero-order chi connectivity index (χ0) is 20.2. The first-order chi connectivity index (χ1) is 12.6. The van der Waals surface area contributed by atoms with Gasteiger partial charge in [-0.2, -0.15) is 0 Å². The van der Waals surface area contributed by atoms with Crippen LogP contribution in [0, 0.1) is 0 Å². The summed E-state index contributed by atoms with van der Waals surface area (Å²) in [4.78, 5) is 29.0. The van der Waals surface area contributed by atoms with Crippen LogP contribution in [-0.4, -0.2) is 48.4 Å². The van der Waals surface area contributed by atoms with E-state index >= 15 is 0 Å². The summed E-state index contributed by atoms with van der Waals surface area (Å²) in [6.07, 6.45) is 0. The highest BCUT2D eigenvalue weighted by atomic mass is 16.2. The number of benzene rings is 2. The highest BCUT2D eigenvalue weighted by Gasteiger charge is 2.26. The van der Waals surface area contributed by atoms with Crippen LogP contribution in [0.1, 0.15) is 34.6 Å². The Morgan fingerprint density at radius 1 is 1.07 bits per heavy atom. The Kier molecular flexibility index (Phi) is 6.60. The average molecular weight is 370 g/mol. The van der Waals surface area contributed by atoms with Crippen LogP contribution in [0.5, 0.6) is 0 Å². The van der Waals surface area contributed by atoms with Crippen molar-refractivity contribution in [3.8, 4) is 0 Å². The summed E-state index contributed by atoms with van der Waals surface area (Å²) in [5.41, 5.74) is 0.615. The highest BCUT2D eigenvalue weighted by Crippen LogP contribution is 2.27. The molecule has 1 N–H and O–H groups in total. The number of amides is 2. The molecule has 1 atom stereocenters. The van der Waals surface area contributed by atoms with E-state index in [0.29, 0.717) is 6.54 Å². The smallest absolute Gasteiger partial charge is 0.244 e. The molecule has 0 aliphatic carbocycles. The van der Waals surface area contributed by atoms with Gasteiger partial charge in [0.05, 0.1) is 18.3 Å². The molecule has 0 saturated carbocycles. The van der Waals surface area contributed by atoms with Crippen molar-refractivity contribution in [3.05, 3.63) is 42.5 Å². The highest BCUT2D eigenvalue weighted by molar-refractivity contribution is 6.05. The van der Waals surface area contributed by atoms with Crippen molar-refractivity contribution in [2.24, 2.45) is 0 Å². The Morgan fingerprint density at radius 2 is 1.70 bits per heavy atom. The van der Waals surface area contributed by atoms with E-state index in [0.717, 1.165) is 16.5 Å². The number of nitrogens with one attached hydrogen (secondary N) is 1. The lowest BCUT2D eigenvalue weighted by molar-refractivity contribution is -0.126. The van der Waals surface area contributed by atoms with Gasteiger partial charge in [0.25, 0.3) is 0 Å². The van der Waals surface area contributed by atoms with Gasteiger partial charge < -0.3 is 10.2 Å². The summed E-state index contributed by atoms with van der Waals surface area (Å²) in [7, 11) is 1.81. The summed E-state index contributed by atoms with van der Waals surface area (Å²) < 4.78 is 0. The van der Waals surface area contributed by atoms with E-state index in [2.05, 4.69) is 5.32 Å². The van der Waals surface area contributed by atoms with E-state index in [1.165, 1.54) is 0 Å². The maximum atomic E-state index is 13.2. The van der Waals surface area contributed by atoms with Gasteiger partial charge in [0.2, 0.25) is 11.8 Å². The molecule has 0 aromatic heterocycles. The first-order valence-electron chi connectivity index (χ1n) is 9.44. The SMILES string of the molecule is CCN(C(=O)[C@H](C)N(C)CC(=O)NC(C)(C)C)c1cccc2ccccc12. The molecule has 2 aromatic carbocycles. The molecular weight excluding hydrogens is 338 g/mol. The van der Waals surface area contributed by atoms with E-state index in [-0.39, 0.29) is 23.9 Å². The summed E-state index contributed by atoms with van der Waals surface area (Å²) in [6, 6.07) is 13.6. The van der Waals surface area contributed by atoms with Crippen LogP contribution in [-0.2, 0) is 9.59 Å². The predicted octanol–water partition coefficient (Wildman–Crippen LogP) is 3.43. The van der Waals surface area contributed by atoms with E-state index in [4.69, 9.17) is 0 Å². The Balaban J connectivity index is 2.19. The number of nitrogens with zero attached hydrogens (tertiary/aromatic N) is 2. The molecule has 0 heterocycles. The molecule has 0 aliphatic heterocycles. The fraction of sp³-hybridized carbons (Fsp3) is 0.455. The molecule has 5 nitrogen and oxygen atoms in total. The molecule has 0 radical (unpaired) electrons. The standard InChI is InChI=1S/C22H31N3O2/c1-7-25(19-14-10-12-17-11-8-9-13-18(17)19)21(27)16(2)24(6)15-20(26)23-22(3,4)5/h8-14,16H,7,15H2,1-6H3,(H,23,26)/t16-/m0/s1. The van der Waals surface area contributed by atoms with Gasteiger partial charge in [0, 0.05) is 17.5 Å². The van der Waals surface area contributed by atoms with Crippen molar-refractivity contribution in [3.63, 3.8) is 0 Å². The topological polar surface area (TPSA) is 52.7 Å². The molecule has 2 aromatic rings. The van der Waals surface area contributed by atoms with Gasteiger partial charge in [-0.25, -0.2) is 0 Å². The molecule has 2 amide bonds. The van der Waals surface area contributed by atoms with Gasteiger partial charge in [-0.05, 0) is 53.1 Å². The maximum Gasteiger partial charge on any atom is 0.244 e. The van der Waals surface area contributed by atoms with Crippen LogP contribution in [0.3, 0.4) is 0 Å². The summed E-state index contributed by atoms with van der Waals surface area (Å²) >= 11 is 0. The number of carbonyl (C=O) groups is 2. The quantitative estimate of drug-likeness (QED) is 0.849. The molecule has 0 bridgehead atoms.